The molecule has 0 atom stereocenters. The molecule has 1 aromatic heterocycles. The molecule has 9 heteroatoms. The van der Waals surface area contributed by atoms with Gasteiger partial charge in [0, 0.05) is 23.0 Å². The van der Waals surface area contributed by atoms with Crippen LogP contribution in [-0.4, -0.2) is 38.6 Å². The highest BCUT2D eigenvalue weighted by Crippen LogP contribution is 2.29. The summed E-state index contributed by atoms with van der Waals surface area (Å²) < 4.78 is 0.957. The van der Waals surface area contributed by atoms with Crippen LogP contribution >= 0.6 is 15.9 Å². The van der Waals surface area contributed by atoms with E-state index in [1.54, 1.807) is 11.0 Å². The van der Waals surface area contributed by atoms with Crippen molar-refractivity contribution in [2.24, 2.45) is 0 Å². The molecule has 4 rings (SSSR count). The van der Waals surface area contributed by atoms with Gasteiger partial charge in [-0.15, -0.1) is 10.2 Å². The van der Waals surface area contributed by atoms with Gasteiger partial charge in [0.05, 0.1) is 11.4 Å². The highest BCUT2D eigenvalue weighted by atomic mass is 79.9. The number of rotatable bonds is 5. The molecule has 1 fully saturated rings. The van der Waals surface area contributed by atoms with Gasteiger partial charge in [0.15, 0.2) is 0 Å². The van der Waals surface area contributed by atoms with E-state index in [9.17, 15) is 9.59 Å². The molecule has 28 heavy (non-hydrogen) atoms. The van der Waals surface area contributed by atoms with Gasteiger partial charge in [-0.25, -0.2) is 0 Å². The van der Waals surface area contributed by atoms with Crippen LogP contribution in [0, 0.1) is 0 Å². The second-order valence-electron chi connectivity index (χ2n) is 6.36. The third-order valence-electron chi connectivity index (χ3n) is 4.38. The van der Waals surface area contributed by atoms with Crippen molar-refractivity contribution in [3.8, 4) is 11.4 Å². The molecule has 0 aliphatic carbocycles. The van der Waals surface area contributed by atoms with E-state index in [2.05, 4.69) is 36.7 Å². The minimum atomic E-state index is -0.293. The number of tetrazole rings is 1. The molecule has 8 nitrogen and oxygen atoms in total. The van der Waals surface area contributed by atoms with Crippen molar-refractivity contribution >= 4 is 39.1 Å². The largest absolute Gasteiger partial charge is 0.323 e. The molecule has 0 spiro atoms. The first kappa shape index (κ1) is 18.3. The first-order valence-electron chi connectivity index (χ1n) is 8.83. The van der Waals surface area contributed by atoms with Crippen LogP contribution in [0.4, 0.5) is 11.4 Å². The first-order valence-corrected chi connectivity index (χ1v) is 9.62. The summed E-state index contributed by atoms with van der Waals surface area (Å²) in [6.07, 6.45) is 1.35. The predicted molar refractivity (Wildman–Crippen MR) is 108 cm³/mol. The average molecular weight is 441 g/mol. The van der Waals surface area contributed by atoms with Crippen molar-refractivity contribution in [2.45, 2.75) is 19.4 Å². The fourth-order valence-corrected chi connectivity index (χ4v) is 3.32. The Bertz CT molecular complexity index is 1020. The zero-order valence-corrected chi connectivity index (χ0v) is 16.5. The summed E-state index contributed by atoms with van der Waals surface area (Å²) in [5.74, 6) is 0.223. The predicted octanol–water partition coefficient (Wildman–Crippen LogP) is 2.87. The maximum Gasteiger partial charge on any atom is 0.248 e. The molecule has 2 aromatic carbocycles. The Labute approximate surface area is 169 Å². The fourth-order valence-electron chi connectivity index (χ4n) is 3.06. The topological polar surface area (TPSA) is 93.0 Å². The van der Waals surface area contributed by atoms with Crippen LogP contribution in [0.3, 0.4) is 0 Å². The SMILES string of the molecule is O=C(Cn1nnc(-c2ccc(Br)cc2)n1)Nc1ccccc1N1CCCC1=O. The number of hydrogen-bond acceptors (Lipinski definition) is 5. The second-order valence-corrected chi connectivity index (χ2v) is 7.28. The van der Waals surface area contributed by atoms with Crippen LogP contribution in [0.2, 0.25) is 0 Å². The maximum absolute atomic E-state index is 12.5. The molecule has 1 aliphatic heterocycles. The monoisotopic (exact) mass is 440 g/mol. The molecule has 3 aromatic rings. The Morgan fingerprint density at radius 3 is 2.68 bits per heavy atom. The molecule has 1 N–H and O–H groups in total. The highest BCUT2D eigenvalue weighted by Gasteiger charge is 2.24. The molecule has 2 amide bonds. The zero-order valence-electron chi connectivity index (χ0n) is 14.9. The summed E-state index contributed by atoms with van der Waals surface area (Å²) in [4.78, 5) is 27.5. The molecule has 0 bridgehead atoms. The standard InChI is InChI=1S/C19H17BrN6O2/c20-14-9-7-13(8-10-14)19-22-24-26(23-19)12-17(27)21-15-4-1-2-5-16(15)25-11-3-6-18(25)28/h1-2,4-5,7-10H,3,6,11-12H2,(H,21,27). The molecular formula is C19H17BrN6O2. The molecule has 0 saturated carbocycles. The molecule has 1 saturated heterocycles. The van der Waals surface area contributed by atoms with Crippen molar-refractivity contribution in [1.29, 1.82) is 0 Å². The van der Waals surface area contributed by atoms with Gasteiger partial charge in [0.1, 0.15) is 6.54 Å². The van der Waals surface area contributed by atoms with Gasteiger partial charge >= 0.3 is 0 Å². The third-order valence-corrected chi connectivity index (χ3v) is 4.91. The lowest BCUT2D eigenvalue weighted by Crippen LogP contribution is -2.26. The Kier molecular flexibility index (Phi) is 5.16. The number of aromatic nitrogens is 4. The number of nitrogens with one attached hydrogen (secondary N) is 1. The zero-order chi connectivity index (χ0) is 19.5. The summed E-state index contributed by atoms with van der Waals surface area (Å²) in [5.41, 5.74) is 2.11. The van der Waals surface area contributed by atoms with Gasteiger partial charge in [0.25, 0.3) is 0 Å². The van der Waals surface area contributed by atoms with Crippen LogP contribution in [0.5, 0.6) is 0 Å². The minimum absolute atomic E-state index is 0.0683. The summed E-state index contributed by atoms with van der Waals surface area (Å²) >= 11 is 3.38. The van der Waals surface area contributed by atoms with E-state index in [4.69, 9.17) is 0 Å². The molecular weight excluding hydrogens is 424 g/mol. The number of nitrogens with zero attached hydrogens (tertiary/aromatic N) is 5. The molecule has 0 radical (unpaired) electrons. The Morgan fingerprint density at radius 2 is 1.93 bits per heavy atom. The van der Waals surface area contributed by atoms with E-state index in [-0.39, 0.29) is 18.4 Å². The van der Waals surface area contributed by atoms with Crippen LogP contribution in [0.15, 0.2) is 53.0 Å². The molecule has 142 valence electrons. The maximum atomic E-state index is 12.5. The van der Waals surface area contributed by atoms with E-state index in [1.165, 1.54) is 4.80 Å². The Balaban J connectivity index is 1.46. The van der Waals surface area contributed by atoms with Gasteiger partial charge in [-0.05, 0) is 48.0 Å². The van der Waals surface area contributed by atoms with E-state index < -0.39 is 0 Å². The number of hydrogen-bond donors (Lipinski definition) is 1. The van der Waals surface area contributed by atoms with Crippen LogP contribution < -0.4 is 10.2 Å². The van der Waals surface area contributed by atoms with Crippen molar-refractivity contribution in [3.63, 3.8) is 0 Å². The Morgan fingerprint density at radius 1 is 1.14 bits per heavy atom. The van der Waals surface area contributed by atoms with Crippen LogP contribution in [0.1, 0.15) is 12.8 Å². The number of carbonyl (C=O) groups is 2. The number of anilines is 2. The van der Waals surface area contributed by atoms with Crippen molar-refractivity contribution in [3.05, 3.63) is 53.0 Å². The number of benzene rings is 2. The van der Waals surface area contributed by atoms with Crippen LogP contribution in [0.25, 0.3) is 11.4 Å². The van der Waals surface area contributed by atoms with E-state index >= 15 is 0 Å². The van der Waals surface area contributed by atoms with Gasteiger partial charge < -0.3 is 10.2 Å². The number of para-hydroxylation sites is 2. The molecule has 1 aliphatic rings. The summed E-state index contributed by atoms with van der Waals surface area (Å²) in [6, 6.07) is 14.8. The second kappa shape index (κ2) is 7.89. The lowest BCUT2D eigenvalue weighted by molar-refractivity contribution is -0.118. The lowest BCUT2D eigenvalue weighted by atomic mass is 10.2. The Hall–Kier alpha value is -3.07. The van der Waals surface area contributed by atoms with Crippen molar-refractivity contribution in [2.75, 3.05) is 16.8 Å². The fraction of sp³-hybridized carbons (Fsp3) is 0.211. The van der Waals surface area contributed by atoms with Crippen LogP contribution in [-0.2, 0) is 16.1 Å². The van der Waals surface area contributed by atoms with Gasteiger partial charge in [-0.2, -0.15) is 4.80 Å². The number of halogens is 1. The summed E-state index contributed by atoms with van der Waals surface area (Å²) in [6.45, 7) is 0.582. The van der Waals surface area contributed by atoms with Gasteiger partial charge in [-0.1, -0.05) is 28.1 Å². The van der Waals surface area contributed by atoms with E-state index in [0.717, 1.165) is 16.5 Å². The smallest absolute Gasteiger partial charge is 0.248 e. The van der Waals surface area contributed by atoms with E-state index in [1.807, 2.05) is 42.5 Å². The van der Waals surface area contributed by atoms with Gasteiger partial charge in [-0.3, -0.25) is 9.59 Å². The van der Waals surface area contributed by atoms with Crippen molar-refractivity contribution < 1.29 is 9.59 Å². The quantitative estimate of drug-likeness (QED) is 0.658. The average Bonchev–Trinajstić information content (AvgIpc) is 3.32. The number of amides is 2. The van der Waals surface area contributed by atoms with Gasteiger partial charge in [0.2, 0.25) is 17.6 Å². The van der Waals surface area contributed by atoms with Crippen molar-refractivity contribution in [1.82, 2.24) is 20.2 Å². The summed E-state index contributed by atoms with van der Waals surface area (Å²) in [7, 11) is 0. The molecule has 0 unspecified atom stereocenters. The van der Waals surface area contributed by atoms with E-state index in [0.29, 0.717) is 30.2 Å². The molecule has 2 heterocycles. The first-order chi connectivity index (χ1) is 13.6. The minimum Gasteiger partial charge on any atom is -0.323 e. The number of carbonyl (C=O) groups excluding carboxylic acids is 2. The highest BCUT2D eigenvalue weighted by molar-refractivity contribution is 9.10. The third kappa shape index (κ3) is 3.94. The normalized spacial score (nSPS) is 13.8. The summed E-state index contributed by atoms with van der Waals surface area (Å²) in [5, 5.41) is 15.1. The lowest BCUT2D eigenvalue weighted by Gasteiger charge is -2.19.